The van der Waals surface area contributed by atoms with Gasteiger partial charge in [-0.3, -0.25) is 4.79 Å². The highest BCUT2D eigenvalue weighted by molar-refractivity contribution is 5.68. The van der Waals surface area contributed by atoms with E-state index in [-0.39, 0.29) is 18.4 Å². The second-order valence-electron chi connectivity index (χ2n) is 9.86. The second kappa shape index (κ2) is 8.99. The van der Waals surface area contributed by atoms with Crippen LogP contribution in [0, 0.1) is 5.92 Å². The van der Waals surface area contributed by atoms with E-state index >= 15 is 0 Å². The van der Waals surface area contributed by atoms with Crippen LogP contribution < -0.4 is 9.47 Å². The number of hydrogen-bond donors (Lipinski definition) is 2. The average molecular weight is 453 g/mol. The molecule has 0 amide bonds. The molecular weight excluding hydrogens is 420 g/mol. The van der Waals surface area contributed by atoms with Crippen LogP contribution in [0.15, 0.2) is 36.4 Å². The zero-order valence-corrected chi connectivity index (χ0v) is 19.1. The van der Waals surface area contributed by atoms with Crippen LogP contribution in [0.5, 0.6) is 11.5 Å². The maximum Gasteiger partial charge on any atom is 0.304 e. The molecule has 2 aromatic carbocycles. The first-order chi connectivity index (χ1) is 15.9. The molecule has 3 aliphatic rings. The van der Waals surface area contributed by atoms with Crippen molar-refractivity contribution < 1.29 is 29.2 Å². The third-order valence-corrected chi connectivity index (χ3v) is 7.39. The first-order valence-corrected chi connectivity index (χ1v) is 12.0. The number of benzene rings is 2. The topological polar surface area (TPSA) is 85.2 Å². The van der Waals surface area contributed by atoms with Gasteiger partial charge in [0.25, 0.3) is 0 Å². The fourth-order valence-electron chi connectivity index (χ4n) is 5.74. The van der Waals surface area contributed by atoms with Gasteiger partial charge in [0.1, 0.15) is 17.6 Å². The van der Waals surface area contributed by atoms with Crippen LogP contribution in [-0.2, 0) is 21.6 Å². The van der Waals surface area contributed by atoms with Gasteiger partial charge in [0.2, 0.25) is 0 Å². The number of fused-ring (bicyclic) bond motifs is 2. The van der Waals surface area contributed by atoms with Crippen LogP contribution in [0.4, 0.5) is 0 Å². The molecular formula is C27H32O6. The molecule has 0 aromatic heterocycles. The van der Waals surface area contributed by atoms with E-state index < -0.39 is 11.6 Å². The summed E-state index contributed by atoms with van der Waals surface area (Å²) < 4.78 is 17.6. The molecule has 0 saturated carbocycles. The van der Waals surface area contributed by atoms with E-state index in [0.29, 0.717) is 18.3 Å². The molecule has 3 atom stereocenters. The number of aliphatic hydroxyl groups is 1. The van der Waals surface area contributed by atoms with E-state index in [1.54, 1.807) is 0 Å². The number of aliphatic carboxylic acids is 1. The molecule has 6 heteroatoms. The van der Waals surface area contributed by atoms with Crippen molar-refractivity contribution in [3.63, 3.8) is 0 Å². The fraction of sp³-hybridized carbons (Fsp3) is 0.519. The molecule has 176 valence electrons. The summed E-state index contributed by atoms with van der Waals surface area (Å²) in [7, 11) is 0. The van der Waals surface area contributed by atoms with Gasteiger partial charge in [-0.2, -0.15) is 0 Å². The lowest BCUT2D eigenvalue weighted by Gasteiger charge is -2.32. The summed E-state index contributed by atoms with van der Waals surface area (Å²) in [6, 6.07) is 11.9. The van der Waals surface area contributed by atoms with E-state index in [9.17, 15) is 9.90 Å². The summed E-state index contributed by atoms with van der Waals surface area (Å²) in [5.74, 6) is 0.989. The van der Waals surface area contributed by atoms with Gasteiger partial charge in [-0.1, -0.05) is 24.3 Å². The maximum atomic E-state index is 11.4. The van der Waals surface area contributed by atoms with Crippen molar-refractivity contribution in [3.8, 4) is 11.5 Å². The molecule has 2 N–H and O–H groups in total. The maximum absolute atomic E-state index is 11.4. The van der Waals surface area contributed by atoms with Gasteiger partial charge >= 0.3 is 5.97 Å². The van der Waals surface area contributed by atoms with E-state index in [1.807, 2.05) is 31.2 Å². The van der Waals surface area contributed by atoms with Crippen LogP contribution in [0.25, 0.3) is 0 Å². The van der Waals surface area contributed by atoms with Crippen molar-refractivity contribution in [1.82, 2.24) is 0 Å². The normalized spacial score (nSPS) is 23.9. The van der Waals surface area contributed by atoms with Gasteiger partial charge < -0.3 is 24.4 Å². The largest absolute Gasteiger partial charge is 0.492 e. The fourth-order valence-corrected chi connectivity index (χ4v) is 5.74. The molecule has 33 heavy (non-hydrogen) atoms. The Labute approximate surface area is 194 Å². The number of carboxylic acids is 1. The molecule has 1 aliphatic carbocycles. The van der Waals surface area contributed by atoms with Gasteiger partial charge in [-0.15, -0.1) is 0 Å². The van der Waals surface area contributed by atoms with Crippen LogP contribution in [0.1, 0.15) is 73.3 Å². The molecule has 0 bridgehead atoms. The summed E-state index contributed by atoms with van der Waals surface area (Å²) in [4.78, 5) is 11.1. The Hall–Kier alpha value is -2.57. The lowest BCUT2D eigenvalue weighted by Crippen LogP contribution is -2.29. The van der Waals surface area contributed by atoms with Gasteiger partial charge in [-0.25, -0.2) is 0 Å². The lowest BCUT2D eigenvalue weighted by molar-refractivity contribution is -0.137. The third kappa shape index (κ3) is 4.59. The highest BCUT2D eigenvalue weighted by Gasteiger charge is 2.35. The van der Waals surface area contributed by atoms with Crippen LogP contribution in [-0.4, -0.2) is 36.0 Å². The molecule has 2 aliphatic heterocycles. The first-order valence-electron chi connectivity index (χ1n) is 12.0. The van der Waals surface area contributed by atoms with E-state index in [4.69, 9.17) is 19.3 Å². The summed E-state index contributed by atoms with van der Waals surface area (Å²) in [6.07, 6.45) is 4.49. The summed E-state index contributed by atoms with van der Waals surface area (Å²) in [6.45, 7) is 3.90. The Morgan fingerprint density at radius 2 is 1.97 bits per heavy atom. The number of ether oxygens (including phenoxy) is 3. The predicted octanol–water partition coefficient (Wildman–Crippen LogP) is 4.73. The van der Waals surface area contributed by atoms with Crippen LogP contribution in [0.2, 0.25) is 0 Å². The number of carbonyl (C=O) groups is 1. The number of carboxylic acid groups (broad SMARTS) is 1. The number of hydrogen-bond acceptors (Lipinski definition) is 5. The van der Waals surface area contributed by atoms with Gasteiger partial charge in [0.15, 0.2) is 0 Å². The van der Waals surface area contributed by atoms with Crippen LogP contribution >= 0.6 is 0 Å². The molecule has 2 heterocycles. The summed E-state index contributed by atoms with van der Waals surface area (Å²) in [5, 5.41) is 20.5. The molecule has 1 fully saturated rings. The number of rotatable bonds is 7. The molecule has 2 aromatic rings. The Morgan fingerprint density at radius 1 is 1.15 bits per heavy atom. The van der Waals surface area contributed by atoms with E-state index in [0.717, 1.165) is 67.8 Å². The summed E-state index contributed by atoms with van der Waals surface area (Å²) >= 11 is 0. The third-order valence-electron chi connectivity index (χ3n) is 7.39. The predicted molar refractivity (Wildman–Crippen MR) is 123 cm³/mol. The quantitative estimate of drug-likeness (QED) is 0.632. The minimum atomic E-state index is -0.872. The highest BCUT2D eigenvalue weighted by Crippen LogP contribution is 2.44. The first kappa shape index (κ1) is 22.2. The van der Waals surface area contributed by atoms with Crippen molar-refractivity contribution in [2.24, 2.45) is 5.92 Å². The molecule has 5 rings (SSSR count). The van der Waals surface area contributed by atoms with E-state index in [2.05, 4.69) is 12.1 Å². The zero-order valence-electron chi connectivity index (χ0n) is 19.1. The molecule has 0 spiro atoms. The monoisotopic (exact) mass is 452 g/mol. The van der Waals surface area contributed by atoms with Crippen molar-refractivity contribution in [1.29, 1.82) is 0 Å². The Morgan fingerprint density at radius 3 is 2.76 bits per heavy atom. The highest BCUT2D eigenvalue weighted by atomic mass is 16.5. The van der Waals surface area contributed by atoms with E-state index in [1.165, 1.54) is 5.56 Å². The second-order valence-corrected chi connectivity index (χ2v) is 9.86. The Balaban J connectivity index is 1.32. The van der Waals surface area contributed by atoms with Crippen molar-refractivity contribution >= 4 is 5.97 Å². The van der Waals surface area contributed by atoms with Crippen molar-refractivity contribution in [2.45, 2.75) is 63.1 Å². The van der Waals surface area contributed by atoms with Crippen molar-refractivity contribution in [2.75, 3.05) is 19.8 Å². The smallest absolute Gasteiger partial charge is 0.304 e. The van der Waals surface area contributed by atoms with Crippen LogP contribution in [0.3, 0.4) is 0 Å². The Bertz CT molecular complexity index is 1020. The standard InChI is InChI=1S/C27H32O6/c1-27(30,15-17-9-11-31-12-10-17)23-4-2-3-22-21(23)7-8-24(22)33-19-5-6-20-18(13-26(28)29)16-32-25(20)14-19/h2-6,14,17-18,24,30H,7-13,15-16H2,1H3,(H,28,29)/t18?,24-,27?/m1/s1. The van der Waals surface area contributed by atoms with Gasteiger partial charge in [-0.05, 0) is 67.7 Å². The lowest BCUT2D eigenvalue weighted by atomic mass is 9.80. The molecule has 0 radical (unpaired) electrons. The summed E-state index contributed by atoms with van der Waals surface area (Å²) in [5.41, 5.74) is 3.43. The van der Waals surface area contributed by atoms with Gasteiger partial charge in [0, 0.05) is 30.8 Å². The average Bonchev–Trinajstić information content (AvgIpc) is 3.38. The molecule has 6 nitrogen and oxygen atoms in total. The minimum Gasteiger partial charge on any atom is -0.492 e. The molecule has 1 saturated heterocycles. The SMILES string of the molecule is CC(O)(CC1CCOCC1)c1cccc2c1CC[C@H]2Oc1ccc2c(c1)OCC2CC(=O)O. The molecule has 2 unspecified atom stereocenters. The van der Waals surface area contributed by atoms with Crippen molar-refractivity contribution in [3.05, 3.63) is 58.7 Å². The van der Waals surface area contributed by atoms with Gasteiger partial charge in [0.05, 0.1) is 18.6 Å². The minimum absolute atomic E-state index is 0.0692. The Kier molecular flexibility index (Phi) is 6.06. The zero-order chi connectivity index (χ0) is 23.0.